The summed E-state index contributed by atoms with van der Waals surface area (Å²) in [5.41, 5.74) is 11.1. The topological polar surface area (TPSA) is 6.48 Å². The molecule has 3 aliphatic rings. The molecule has 2 aromatic carbocycles. The lowest BCUT2D eigenvalue weighted by Crippen LogP contribution is -2.23. The Kier molecular flexibility index (Phi) is 2.84. The molecule has 0 saturated heterocycles. The Labute approximate surface area is 150 Å². The lowest BCUT2D eigenvalue weighted by molar-refractivity contribution is 0.659. The summed E-state index contributed by atoms with van der Waals surface area (Å²) >= 11 is 0. The molecular weight excluding hydrogens is 304 g/mol. The molecule has 2 heteroatoms. The molecule has 5 rings (SSSR count). The van der Waals surface area contributed by atoms with E-state index in [0.29, 0.717) is 0 Å². The smallest absolute Gasteiger partial charge is 0.0443 e. The summed E-state index contributed by atoms with van der Waals surface area (Å²) in [6.45, 7) is 6.72. The largest absolute Gasteiger partial charge is 0.370 e. The minimum atomic E-state index is 0.0404. The molecule has 0 unspecified atom stereocenters. The highest BCUT2D eigenvalue weighted by molar-refractivity contribution is 5.90. The minimum Gasteiger partial charge on any atom is -0.370 e. The van der Waals surface area contributed by atoms with Crippen molar-refractivity contribution in [1.82, 2.24) is 0 Å². The highest BCUT2D eigenvalue weighted by Crippen LogP contribution is 2.52. The second kappa shape index (κ2) is 4.78. The van der Waals surface area contributed by atoms with Crippen LogP contribution in [0, 0.1) is 0 Å². The normalized spacial score (nSPS) is 18.7. The van der Waals surface area contributed by atoms with Crippen LogP contribution in [0.25, 0.3) is 23.3 Å². The monoisotopic (exact) mass is 328 g/mol. The van der Waals surface area contributed by atoms with E-state index in [1.165, 1.54) is 44.8 Å². The lowest BCUT2D eigenvalue weighted by Gasteiger charge is -2.29. The summed E-state index contributed by atoms with van der Waals surface area (Å²) in [5.74, 6) is 0. The van der Waals surface area contributed by atoms with Gasteiger partial charge in [-0.15, -0.1) is 0 Å². The van der Waals surface area contributed by atoms with E-state index in [1.807, 2.05) is 0 Å². The third-order valence-electron chi connectivity index (χ3n) is 6.15. The van der Waals surface area contributed by atoms with E-state index in [0.717, 1.165) is 13.1 Å². The molecule has 0 amide bonds. The van der Waals surface area contributed by atoms with E-state index in [4.69, 9.17) is 0 Å². The van der Waals surface area contributed by atoms with Crippen molar-refractivity contribution in [3.63, 3.8) is 0 Å². The van der Waals surface area contributed by atoms with Gasteiger partial charge < -0.3 is 9.80 Å². The Balaban J connectivity index is 1.79. The van der Waals surface area contributed by atoms with Crippen molar-refractivity contribution in [1.29, 1.82) is 0 Å². The molecule has 0 N–H and O–H groups in total. The zero-order valence-electron chi connectivity index (χ0n) is 15.4. The molecule has 0 bridgehead atoms. The molecule has 1 aliphatic carbocycles. The molecule has 126 valence electrons. The molecule has 2 nitrogen and oxygen atoms in total. The molecule has 0 atom stereocenters. The van der Waals surface area contributed by atoms with E-state index >= 15 is 0 Å². The molecule has 0 radical (unpaired) electrons. The first-order valence-electron chi connectivity index (χ1n) is 9.09. The number of benzene rings is 2. The second-order valence-electron chi connectivity index (χ2n) is 8.10. The number of nitrogens with zero attached hydrogens (tertiary/aromatic N) is 2. The number of hydrogen-bond acceptors (Lipinski definition) is 2. The Morgan fingerprint density at radius 2 is 1.16 bits per heavy atom. The van der Waals surface area contributed by atoms with Crippen LogP contribution in [0.15, 0.2) is 36.4 Å². The molecule has 2 heterocycles. The fourth-order valence-electron chi connectivity index (χ4n) is 4.64. The second-order valence-corrected chi connectivity index (χ2v) is 8.10. The van der Waals surface area contributed by atoms with Crippen molar-refractivity contribution in [2.75, 3.05) is 37.0 Å². The van der Waals surface area contributed by atoms with Crippen LogP contribution in [0.5, 0.6) is 0 Å². The van der Waals surface area contributed by atoms with Crippen molar-refractivity contribution >= 4 is 23.5 Å². The first kappa shape index (κ1) is 14.8. The summed E-state index contributed by atoms with van der Waals surface area (Å²) in [6.07, 6.45) is 9.04. The number of anilines is 2. The molecule has 2 aliphatic heterocycles. The van der Waals surface area contributed by atoms with Crippen LogP contribution in [0.1, 0.15) is 36.1 Å². The summed E-state index contributed by atoms with van der Waals surface area (Å²) in [6, 6.07) is 9.64. The van der Waals surface area contributed by atoms with Gasteiger partial charge in [0, 0.05) is 44.0 Å². The molecule has 25 heavy (non-hydrogen) atoms. The average molecular weight is 328 g/mol. The van der Waals surface area contributed by atoms with Crippen LogP contribution in [-0.4, -0.2) is 27.2 Å². The third-order valence-corrected chi connectivity index (χ3v) is 6.15. The van der Waals surface area contributed by atoms with Crippen molar-refractivity contribution in [3.8, 4) is 11.1 Å². The van der Waals surface area contributed by atoms with Crippen molar-refractivity contribution in [3.05, 3.63) is 58.7 Å². The predicted molar refractivity (Wildman–Crippen MR) is 109 cm³/mol. The highest BCUT2D eigenvalue weighted by atomic mass is 15.1. The van der Waals surface area contributed by atoms with Gasteiger partial charge in [-0.2, -0.15) is 0 Å². The zero-order chi connectivity index (χ0) is 17.3. The predicted octanol–water partition coefficient (Wildman–Crippen LogP) is 4.92. The van der Waals surface area contributed by atoms with Gasteiger partial charge in [0.05, 0.1) is 0 Å². The van der Waals surface area contributed by atoms with Crippen molar-refractivity contribution in [2.24, 2.45) is 0 Å². The van der Waals surface area contributed by atoms with Gasteiger partial charge >= 0.3 is 0 Å². The number of rotatable bonds is 0. The van der Waals surface area contributed by atoms with Crippen LogP contribution in [0.4, 0.5) is 11.4 Å². The van der Waals surface area contributed by atoms with Gasteiger partial charge in [-0.05, 0) is 57.6 Å². The number of likely N-dealkylation sites (N-methyl/N-ethyl adjacent to an activating group) is 2. The molecule has 0 aromatic heterocycles. The fourth-order valence-corrected chi connectivity index (χ4v) is 4.64. The zero-order valence-corrected chi connectivity index (χ0v) is 15.4. The van der Waals surface area contributed by atoms with Crippen molar-refractivity contribution in [2.45, 2.75) is 19.3 Å². The van der Waals surface area contributed by atoms with Gasteiger partial charge in [-0.3, -0.25) is 0 Å². The summed E-state index contributed by atoms with van der Waals surface area (Å²) < 4.78 is 0. The van der Waals surface area contributed by atoms with Crippen LogP contribution in [0.2, 0.25) is 0 Å². The highest BCUT2D eigenvalue weighted by Gasteiger charge is 2.37. The van der Waals surface area contributed by atoms with Crippen LogP contribution < -0.4 is 9.80 Å². The van der Waals surface area contributed by atoms with Gasteiger partial charge in [0.1, 0.15) is 0 Å². The van der Waals surface area contributed by atoms with E-state index in [-0.39, 0.29) is 5.41 Å². The SMILES string of the molecule is CN1CC=Cc2cc3c(cc21)C(C)(C)c1cc2c(cc1-3)C=CCN2C. The van der Waals surface area contributed by atoms with Crippen molar-refractivity contribution < 1.29 is 0 Å². The van der Waals surface area contributed by atoms with Gasteiger partial charge in [-0.1, -0.05) is 38.2 Å². The van der Waals surface area contributed by atoms with Crippen LogP contribution >= 0.6 is 0 Å². The van der Waals surface area contributed by atoms with Gasteiger partial charge in [0.25, 0.3) is 0 Å². The molecule has 0 fully saturated rings. The molecule has 2 aromatic rings. The average Bonchev–Trinajstić information content (AvgIpc) is 2.80. The maximum absolute atomic E-state index is 2.42. The fraction of sp³-hybridized carbons (Fsp3) is 0.304. The maximum atomic E-state index is 2.42. The Bertz CT molecular complexity index is 885. The quantitative estimate of drug-likeness (QED) is 0.677. The molecule has 0 spiro atoms. The van der Waals surface area contributed by atoms with Gasteiger partial charge in [-0.25, -0.2) is 0 Å². The summed E-state index contributed by atoms with van der Waals surface area (Å²) in [4.78, 5) is 4.69. The van der Waals surface area contributed by atoms with Crippen LogP contribution in [-0.2, 0) is 5.41 Å². The van der Waals surface area contributed by atoms with Gasteiger partial charge in [0.15, 0.2) is 0 Å². The van der Waals surface area contributed by atoms with Gasteiger partial charge in [0.2, 0.25) is 0 Å². The Morgan fingerprint density at radius 3 is 1.60 bits per heavy atom. The first-order valence-corrected chi connectivity index (χ1v) is 9.09. The standard InChI is InChI=1S/C23H24N2/c1-23(2)19-13-21-15(7-5-9-24(21)3)11-17(19)18-12-16-8-6-10-25(4)22(16)14-20(18)23/h5-8,11-14H,9-10H2,1-4H3. The maximum Gasteiger partial charge on any atom is 0.0443 e. The molecule has 0 saturated carbocycles. The summed E-state index contributed by atoms with van der Waals surface area (Å²) in [7, 11) is 4.37. The lowest BCUT2D eigenvalue weighted by atomic mass is 9.81. The summed E-state index contributed by atoms with van der Waals surface area (Å²) in [5, 5.41) is 0. The number of fused-ring (bicyclic) bond motifs is 5. The molecular formula is C23H24N2. The van der Waals surface area contributed by atoms with Crippen LogP contribution in [0.3, 0.4) is 0 Å². The van der Waals surface area contributed by atoms with E-state index in [9.17, 15) is 0 Å². The van der Waals surface area contributed by atoms with E-state index in [1.54, 1.807) is 0 Å². The van der Waals surface area contributed by atoms with E-state index < -0.39 is 0 Å². The minimum absolute atomic E-state index is 0.0404. The number of hydrogen-bond donors (Lipinski definition) is 0. The third kappa shape index (κ3) is 1.91. The Hall–Kier alpha value is -2.48. The first-order chi connectivity index (χ1) is 12.0. The van der Waals surface area contributed by atoms with E-state index in [2.05, 4.69) is 86.3 Å². The Morgan fingerprint density at radius 1 is 0.720 bits per heavy atom.